The van der Waals surface area contributed by atoms with Gasteiger partial charge in [-0.15, -0.1) is 0 Å². The van der Waals surface area contributed by atoms with Crippen molar-refractivity contribution in [3.63, 3.8) is 0 Å². The molecule has 1 atom stereocenters. The van der Waals surface area contributed by atoms with Crippen LogP contribution in [-0.4, -0.2) is 49.9 Å². The lowest BCUT2D eigenvalue weighted by molar-refractivity contribution is -0.192. The van der Waals surface area contributed by atoms with Gasteiger partial charge in [-0.1, -0.05) is 0 Å². The van der Waals surface area contributed by atoms with Crippen LogP contribution in [0.2, 0.25) is 0 Å². The van der Waals surface area contributed by atoms with E-state index in [0.717, 1.165) is 31.8 Å². The standard InChI is InChI=1S/C13H18N2O2.C2HF3O2/c1-17-12-4-2-11(3-5-12)13(16)15-9-10-6-7-14-8-10;3-2(4,5)1(6)7/h2-5,10,14H,6-9H2,1H3,(H,15,16);(H,6,7)/t10-;/m0./s1. The Labute approximate surface area is 137 Å². The highest BCUT2D eigenvalue weighted by Crippen LogP contribution is 2.13. The van der Waals surface area contributed by atoms with Crippen molar-refractivity contribution in [2.45, 2.75) is 12.6 Å². The summed E-state index contributed by atoms with van der Waals surface area (Å²) in [7, 11) is 1.61. The molecule has 0 unspecified atom stereocenters. The molecule has 2 rings (SSSR count). The summed E-state index contributed by atoms with van der Waals surface area (Å²) in [6.45, 7) is 2.81. The molecule has 1 aromatic rings. The molecule has 1 amide bonds. The summed E-state index contributed by atoms with van der Waals surface area (Å²) in [4.78, 5) is 20.7. The van der Waals surface area contributed by atoms with Gasteiger partial charge in [0.05, 0.1) is 7.11 Å². The number of benzene rings is 1. The van der Waals surface area contributed by atoms with E-state index in [1.54, 1.807) is 31.4 Å². The first-order chi connectivity index (χ1) is 11.2. The van der Waals surface area contributed by atoms with Crippen molar-refractivity contribution in [3.8, 4) is 5.75 Å². The third kappa shape index (κ3) is 6.86. The average molecular weight is 348 g/mol. The van der Waals surface area contributed by atoms with Crippen molar-refractivity contribution in [3.05, 3.63) is 29.8 Å². The minimum absolute atomic E-state index is 0.0143. The van der Waals surface area contributed by atoms with E-state index in [1.165, 1.54) is 0 Å². The number of halogens is 3. The topological polar surface area (TPSA) is 87.7 Å². The molecule has 1 saturated heterocycles. The van der Waals surface area contributed by atoms with Gasteiger partial charge in [0, 0.05) is 12.1 Å². The number of amides is 1. The van der Waals surface area contributed by atoms with Crippen LogP contribution in [0.5, 0.6) is 5.75 Å². The Kier molecular flexibility index (Phi) is 7.50. The fraction of sp³-hybridized carbons (Fsp3) is 0.467. The molecule has 1 aliphatic rings. The lowest BCUT2D eigenvalue weighted by Gasteiger charge is -2.10. The highest BCUT2D eigenvalue weighted by molar-refractivity contribution is 5.94. The van der Waals surface area contributed by atoms with Crippen molar-refractivity contribution in [1.82, 2.24) is 10.6 Å². The molecule has 0 aliphatic carbocycles. The number of carbonyl (C=O) groups is 2. The van der Waals surface area contributed by atoms with Gasteiger partial charge < -0.3 is 20.5 Å². The number of carboxylic acids is 1. The fourth-order valence-corrected chi connectivity index (χ4v) is 1.97. The van der Waals surface area contributed by atoms with Crippen LogP contribution < -0.4 is 15.4 Å². The number of alkyl halides is 3. The Balaban J connectivity index is 0.000000351. The Morgan fingerprint density at radius 2 is 1.92 bits per heavy atom. The molecule has 0 aromatic heterocycles. The van der Waals surface area contributed by atoms with Crippen molar-refractivity contribution in [2.24, 2.45) is 5.92 Å². The minimum Gasteiger partial charge on any atom is -0.497 e. The van der Waals surface area contributed by atoms with E-state index in [1.807, 2.05) is 0 Å². The van der Waals surface area contributed by atoms with Crippen LogP contribution in [0.15, 0.2) is 24.3 Å². The maximum atomic E-state index is 11.8. The van der Waals surface area contributed by atoms with Crippen LogP contribution in [0.1, 0.15) is 16.8 Å². The summed E-state index contributed by atoms with van der Waals surface area (Å²) < 4.78 is 36.8. The monoisotopic (exact) mass is 348 g/mol. The van der Waals surface area contributed by atoms with E-state index in [9.17, 15) is 18.0 Å². The molecule has 1 heterocycles. The van der Waals surface area contributed by atoms with Crippen LogP contribution in [0, 0.1) is 5.92 Å². The third-order valence-electron chi connectivity index (χ3n) is 3.31. The zero-order valence-electron chi connectivity index (χ0n) is 13.0. The average Bonchev–Trinajstić information content (AvgIpc) is 3.06. The van der Waals surface area contributed by atoms with Crippen molar-refractivity contribution < 1.29 is 32.6 Å². The number of methoxy groups -OCH3 is 1. The van der Waals surface area contributed by atoms with Gasteiger partial charge in [-0.25, -0.2) is 4.79 Å². The Morgan fingerprint density at radius 1 is 1.33 bits per heavy atom. The Hall–Kier alpha value is -2.29. The summed E-state index contributed by atoms with van der Waals surface area (Å²) in [5, 5.41) is 13.4. The van der Waals surface area contributed by atoms with Gasteiger partial charge in [-0.05, 0) is 49.7 Å². The van der Waals surface area contributed by atoms with E-state index < -0.39 is 12.1 Å². The van der Waals surface area contributed by atoms with Crippen LogP contribution >= 0.6 is 0 Å². The van der Waals surface area contributed by atoms with E-state index in [2.05, 4.69) is 10.6 Å². The maximum Gasteiger partial charge on any atom is 0.490 e. The van der Waals surface area contributed by atoms with Gasteiger partial charge in [0.25, 0.3) is 5.91 Å². The van der Waals surface area contributed by atoms with Gasteiger partial charge in [-0.2, -0.15) is 13.2 Å². The third-order valence-corrected chi connectivity index (χ3v) is 3.31. The molecule has 9 heteroatoms. The molecule has 6 nitrogen and oxygen atoms in total. The number of aliphatic carboxylic acids is 1. The van der Waals surface area contributed by atoms with E-state index in [-0.39, 0.29) is 5.91 Å². The normalized spacial score (nSPS) is 16.8. The van der Waals surface area contributed by atoms with Gasteiger partial charge in [0.2, 0.25) is 0 Å². The Bertz CT molecular complexity index is 541. The fourth-order valence-electron chi connectivity index (χ4n) is 1.97. The molecule has 1 fully saturated rings. The second kappa shape index (κ2) is 9.11. The molecule has 24 heavy (non-hydrogen) atoms. The molecule has 3 N–H and O–H groups in total. The number of rotatable bonds is 4. The molecule has 1 aliphatic heterocycles. The summed E-state index contributed by atoms with van der Waals surface area (Å²) in [5.74, 6) is -1.44. The molecular formula is C15H19F3N2O4. The number of hydrogen-bond donors (Lipinski definition) is 3. The quantitative estimate of drug-likeness (QED) is 0.770. The van der Waals surface area contributed by atoms with Gasteiger partial charge in [-0.3, -0.25) is 4.79 Å². The first kappa shape index (κ1) is 19.8. The largest absolute Gasteiger partial charge is 0.497 e. The highest BCUT2D eigenvalue weighted by Gasteiger charge is 2.38. The van der Waals surface area contributed by atoms with Crippen LogP contribution in [-0.2, 0) is 4.79 Å². The summed E-state index contributed by atoms with van der Waals surface area (Å²) in [6, 6.07) is 7.15. The molecule has 134 valence electrons. The van der Waals surface area contributed by atoms with Crippen LogP contribution in [0.3, 0.4) is 0 Å². The first-order valence-electron chi connectivity index (χ1n) is 7.17. The number of carbonyl (C=O) groups excluding carboxylic acids is 1. The lowest BCUT2D eigenvalue weighted by atomic mass is 10.1. The van der Waals surface area contributed by atoms with Gasteiger partial charge in [0.1, 0.15) is 5.75 Å². The molecule has 0 saturated carbocycles. The van der Waals surface area contributed by atoms with Crippen LogP contribution in [0.4, 0.5) is 13.2 Å². The second-order valence-corrected chi connectivity index (χ2v) is 5.10. The number of nitrogens with one attached hydrogen (secondary N) is 2. The second-order valence-electron chi connectivity index (χ2n) is 5.10. The predicted octanol–water partition coefficient (Wildman–Crippen LogP) is 1.67. The number of hydrogen-bond acceptors (Lipinski definition) is 4. The van der Waals surface area contributed by atoms with Crippen molar-refractivity contribution >= 4 is 11.9 Å². The summed E-state index contributed by atoms with van der Waals surface area (Å²) >= 11 is 0. The van der Waals surface area contributed by atoms with Crippen LogP contribution in [0.25, 0.3) is 0 Å². The predicted molar refractivity (Wildman–Crippen MR) is 80.0 cm³/mol. The smallest absolute Gasteiger partial charge is 0.490 e. The van der Waals surface area contributed by atoms with Crippen molar-refractivity contribution in [2.75, 3.05) is 26.7 Å². The first-order valence-corrected chi connectivity index (χ1v) is 7.17. The zero-order chi connectivity index (χ0) is 18.2. The van der Waals surface area contributed by atoms with E-state index >= 15 is 0 Å². The molecule has 0 bridgehead atoms. The Morgan fingerprint density at radius 3 is 2.33 bits per heavy atom. The summed E-state index contributed by atoms with van der Waals surface area (Å²) in [5.41, 5.74) is 0.678. The lowest BCUT2D eigenvalue weighted by Crippen LogP contribution is -2.30. The molecule has 0 spiro atoms. The molecule has 1 aromatic carbocycles. The zero-order valence-corrected chi connectivity index (χ0v) is 13.0. The number of carboxylic acid groups (broad SMARTS) is 1. The molecule has 0 radical (unpaired) electrons. The highest BCUT2D eigenvalue weighted by atomic mass is 19.4. The summed E-state index contributed by atoms with van der Waals surface area (Å²) in [6.07, 6.45) is -3.94. The maximum absolute atomic E-state index is 11.8. The number of ether oxygens (including phenoxy) is 1. The SMILES string of the molecule is COc1ccc(C(=O)NC[C@H]2CCNC2)cc1.O=C(O)C(F)(F)F. The van der Waals surface area contributed by atoms with E-state index in [0.29, 0.717) is 11.5 Å². The van der Waals surface area contributed by atoms with Crippen molar-refractivity contribution in [1.29, 1.82) is 0 Å². The van der Waals surface area contributed by atoms with Gasteiger partial charge >= 0.3 is 12.1 Å². The molecular weight excluding hydrogens is 329 g/mol. The van der Waals surface area contributed by atoms with E-state index in [4.69, 9.17) is 14.6 Å². The van der Waals surface area contributed by atoms with Gasteiger partial charge in [0.15, 0.2) is 0 Å². The minimum atomic E-state index is -5.08.